The number of carbonyl (C=O) groups is 2. The van der Waals surface area contributed by atoms with Crippen molar-refractivity contribution in [3.05, 3.63) is 129 Å². The molecule has 5 rings (SSSR count). The molecule has 3 aromatic carbocycles. The predicted octanol–water partition coefficient (Wildman–Crippen LogP) is 6.86. The summed E-state index contributed by atoms with van der Waals surface area (Å²) >= 11 is 1.42. The number of aryl methyl sites for hydroxylation is 2. The van der Waals surface area contributed by atoms with Gasteiger partial charge in [0.1, 0.15) is 0 Å². The Morgan fingerprint density at radius 1 is 0.925 bits per heavy atom. The maximum Gasteiger partial charge on any atom is 0.337 e. The summed E-state index contributed by atoms with van der Waals surface area (Å²) < 4.78 is 7.02. The van der Waals surface area contributed by atoms with Crippen molar-refractivity contribution >= 4 is 34.9 Å². The van der Waals surface area contributed by atoms with Crippen molar-refractivity contribution in [1.82, 2.24) is 9.47 Å². The number of hydrogen-bond acceptors (Lipinski definition) is 5. The summed E-state index contributed by atoms with van der Waals surface area (Å²) in [5, 5.41) is 0.701. The fourth-order valence-electron chi connectivity index (χ4n) is 4.87. The second kappa shape index (κ2) is 11.8. The second-order valence-electron chi connectivity index (χ2n) is 9.73. The van der Waals surface area contributed by atoms with Gasteiger partial charge in [0, 0.05) is 17.1 Å². The smallest absolute Gasteiger partial charge is 0.337 e. The van der Waals surface area contributed by atoms with Crippen LogP contribution in [0.4, 0.5) is 0 Å². The molecule has 0 bridgehead atoms. The average Bonchev–Trinajstić information content (AvgIpc) is 3.41. The van der Waals surface area contributed by atoms with E-state index in [2.05, 4.69) is 10.6 Å². The van der Waals surface area contributed by atoms with E-state index in [0.29, 0.717) is 28.7 Å². The number of benzene rings is 3. The molecular weight excluding hydrogens is 518 g/mol. The molecule has 0 radical (unpaired) electrons. The summed E-state index contributed by atoms with van der Waals surface area (Å²) in [6.45, 7) is 7.03. The van der Waals surface area contributed by atoms with Crippen molar-refractivity contribution in [2.75, 3.05) is 7.11 Å². The van der Waals surface area contributed by atoms with Gasteiger partial charge in [-0.2, -0.15) is 0 Å². The van der Waals surface area contributed by atoms with Crippen LogP contribution in [0.25, 0.3) is 11.8 Å². The summed E-state index contributed by atoms with van der Waals surface area (Å²) in [5.74, 6) is -0.410. The number of aliphatic imine (C=N–C) groups is 1. The van der Waals surface area contributed by atoms with Gasteiger partial charge in [0.15, 0.2) is 5.17 Å². The summed E-state index contributed by atoms with van der Waals surface area (Å²) in [4.78, 5) is 32.9. The van der Waals surface area contributed by atoms with E-state index in [1.165, 1.54) is 18.9 Å². The molecule has 1 amide bonds. The number of carbonyl (C=O) groups excluding carboxylic acids is 2. The quantitative estimate of drug-likeness (QED) is 0.187. The Hall–Kier alpha value is -4.36. The van der Waals surface area contributed by atoms with E-state index in [-0.39, 0.29) is 11.9 Å². The molecule has 0 spiro atoms. The van der Waals surface area contributed by atoms with Crippen LogP contribution in [0.5, 0.6) is 0 Å². The summed E-state index contributed by atoms with van der Waals surface area (Å²) in [6, 6.07) is 27.7. The lowest BCUT2D eigenvalue weighted by Gasteiger charge is -2.15. The molecule has 1 aliphatic heterocycles. The van der Waals surface area contributed by atoms with Crippen LogP contribution < -0.4 is 0 Å². The van der Waals surface area contributed by atoms with Crippen LogP contribution in [0.15, 0.2) is 94.8 Å². The van der Waals surface area contributed by atoms with Crippen molar-refractivity contribution in [2.45, 2.75) is 33.9 Å². The van der Waals surface area contributed by atoms with Gasteiger partial charge >= 0.3 is 5.97 Å². The number of nitrogens with zero attached hydrogens (tertiary/aromatic N) is 3. The molecule has 6 nitrogen and oxygen atoms in total. The molecule has 1 aliphatic rings. The lowest BCUT2D eigenvalue weighted by molar-refractivity contribution is -0.122. The molecule has 4 aromatic rings. The number of ether oxygens (including phenoxy) is 1. The average molecular weight is 550 g/mol. The molecule has 0 saturated carbocycles. The number of amidine groups is 1. The van der Waals surface area contributed by atoms with Crippen molar-refractivity contribution < 1.29 is 14.3 Å². The Labute approximate surface area is 239 Å². The van der Waals surface area contributed by atoms with E-state index in [1.54, 1.807) is 11.0 Å². The van der Waals surface area contributed by atoms with Gasteiger partial charge < -0.3 is 9.30 Å². The molecule has 1 fully saturated rings. The van der Waals surface area contributed by atoms with Crippen LogP contribution in [-0.2, 0) is 22.6 Å². The maximum atomic E-state index is 13.7. The summed E-state index contributed by atoms with van der Waals surface area (Å²) in [6.07, 6.45) is 1.97. The highest BCUT2D eigenvalue weighted by Crippen LogP contribution is 2.35. The van der Waals surface area contributed by atoms with Crippen molar-refractivity contribution in [3.63, 3.8) is 0 Å². The van der Waals surface area contributed by atoms with Gasteiger partial charge in [0.05, 0.1) is 30.7 Å². The Kier molecular flexibility index (Phi) is 8.03. The van der Waals surface area contributed by atoms with E-state index in [1.807, 2.05) is 99.6 Å². The number of methoxy groups -OCH3 is 1. The molecule has 1 saturated heterocycles. The highest BCUT2D eigenvalue weighted by molar-refractivity contribution is 8.18. The number of esters is 1. The van der Waals surface area contributed by atoms with E-state index in [9.17, 15) is 9.59 Å². The molecule has 0 N–H and O–H groups in total. The van der Waals surface area contributed by atoms with Gasteiger partial charge in [-0.1, -0.05) is 60.7 Å². The highest BCUT2D eigenvalue weighted by Gasteiger charge is 2.33. The largest absolute Gasteiger partial charge is 0.465 e. The molecule has 7 heteroatoms. The van der Waals surface area contributed by atoms with Crippen LogP contribution in [0.3, 0.4) is 0 Å². The molecule has 0 atom stereocenters. The van der Waals surface area contributed by atoms with Crippen LogP contribution in [-0.4, -0.2) is 33.6 Å². The van der Waals surface area contributed by atoms with Crippen molar-refractivity contribution in [1.29, 1.82) is 0 Å². The van der Waals surface area contributed by atoms with Gasteiger partial charge in [-0.3, -0.25) is 14.7 Å². The minimum atomic E-state index is -0.359. The van der Waals surface area contributed by atoms with Crippen LogP contribution in [0.2, 0.25) is 0 Å². The van der Waals surface area contributed by atoms with Gasteiger partial charge in [-0.05, 0) is 85.1 Å². The number of hydrogen-bond donors (Lipinski definition) is 0. The van der Waals surface area contributed by atoms with Crippen LogP contribution in [0, 0.1) is 20.8 Å². The minimum absolute atomic E-state index is 0.0518. The maximum absolute atomic E-state index is 13.7. The van der Waals surface area contributed by atoms with Crippen molar-refractivity contribution in [3.8, 4) is 5.69 Å². The third kappa shape index (κ3) is 5.65. The van der Waals surface area contributed by atoms with Gasteiger partial charge in [0.2, 0.25) is 0 Å². The Bertz CT molecular complexity index is 1620. The summed E-state index contributed by atoms with van der Waals surface area (Å²) in [5.41, 5.74) is 7.61. The standard InChI is InChI=1S/C33H31N3O3S/c1-22-17-27(32(38)39-4)15-16-29(22)36-23(2)18-28(24(36)3)19-30-31(37)35(21-26-13-9-6-10-14-26)33(40-30)34-20-25-11-7-5-8-12-25/h5-19H,20-21H2,1-4H3/b30-19-,34-33?. The van der Waals surface area contributed by atoms with E-state index >= 15 is 0 Å². The predicted molar refractivity (Wildman–Crippen MR) is 161 cm³/mol. The lowest BCUT2D eigenvalue weighted by atomic mass is 10.1. The van der Waals surface area contributed by atoms with E-state index < -0.39 is 0 Å². The SMILES string of the molecule is COC(=O)c1ccc(-n2c(C)cc(/C=C3\SC(=NCc4ccccc4)N(Cc4ccccc4)C3=O)c2C)c(C)c1. The minimum Gasteiger partial charge on any atom is -0.465 e. The molecular formula is C33H31N3O3S. The topological polar surface area (TPSA) is 63.9 Å². The molecule has 40 heavy (non-hydrogen) atoms. The molecule has 0 aliphatic carbocycles. The molecule has 1 aromatic heterocycles. The highest BCUT2D eigenvalue weighted by atomic mass is 32.2. The molecule has 0 unspecified atom stereocenters. The van der Waals surface area contributed by atoms with Crippen LogP contribution in [0.1, 0.15) is 44.0 Å². The second-order valence-corrected chi connectivity index (χ2v) is 10.7. The van der Waals surface area contributed by atoms with Crippen molar-refractivity contribution in [2.24, 2.45) is 4.99 Å². The summed E-state index contributed by atoms with van der Waals surface area (Å²) in [7, 11) is 1.38. The fourth-order valence-corrected chi connectivity index (χ4v) is 5.84. The third-order valence-electron chi connectivity index (χ3n) is 6.93. The Morgan fingerprint density at radius 2 is 1.60 bits per heavy atom. The molecule has 2 heterocycles. The lowest BCUT2D eigenvalue weighted by Crippen LogP contribution is -2.28. The zero-order valence-electron chi connectivity index (χ0n) is 23.0. The van der Waals surface area contributed by atoms with E-state index in [4.69, 9.17) is 9.73 Å². The fraction of sp³-hybridized carbons (Fsp3) is 0.182. The first-order valence-electron chi connectivity index (χ1n) is 13.1. The first kappa shape index (κ1) is 27.2. The zero-order chi connectivity index (χ0) is 28.2. The van der Waals surface area contributed by atoms with E-state index in [0.717, 1.165) is 39.3 Å². The number of aromatic nitrogens is 1. The van der Waals surface area contributed by atoms with Gasteiger partial charge in [-0.25, -0.2) is 4.79 Å². The third-order valence-corrected chi connectivity index (χ3v) is 7.97. The number of thioether (sulfide) groups is 1. The number of rotatable bonds is 7. The first-order valence-corrected chi connectivity index (χ1v) is 13.9. The normalized spacial score (nSPS) is 15.3. The Morgan fingerprint density at radius 3 is 2.25 bits per heavy atom. The monoisotopic (exact) mass is 549 g/mol. The molecule has 202 valence electrons. The van der Waals surface area contributed by atoms with Gasteiger partial charge in [0.25, 0.3) is 5.91 Å². The number of amides is 1. The zero-order valence-corrected chi connectivity index (χ0v) is 23.9. The van der Waals surface area contributed by atoms with Crippen LogP contribution >= 0.6 is 11.8 Å². The van der Waals surface area contributed by atoms with Gasteiger partial charge in [-0.15, -0.1) is 0 Å². The first-order chi connectivity index (χ1) is 19.4. The Balaban J connectivity index is 1.48.